The van der Waals surface area contributed by atoms with E-state index in [1.165, 1.54) is 23.1 Å². The first-order valence-electron chi connectivity index (χ1n) is 10.2. The molecule has 1 fully saturated rings. The molecule has 0 unspecified atom stereocenters. The standard InChI is InChI=1S/C21H20ClN5O3S2/c1-12-4-5-13(22)9-15(12)23-17(28)11-32-21-25-24-20-26(10-14-3-2-7-30-14)19(29)18-16(27(20)21)6-8-31-18/h4-6,8-9,14H,2-3,7,10-11H2,1H3,(H,23,28)/t14-/m0/s1. The molecule has 1 amide bonds. The van der Waals surface area contributed by atoms with Crippen molar-refractivity contribution in [1.29, 1.82) is 0 Å². The fraction of sp³-hybridized carbons (Fsp3) is 0.333. The van der Waals surface area contributed by atoms with Crippen molar-refractivity contribution < 1.29 is 9.53 Å². The van der Waals surface area contributed by atoms with Gasteiger partial charge in [-0.25, -0.2) is 0 Å². The monoisotopic (exact) mass is 489 g/mol. The zero-order valence-electron chi connectivity index (χ0n) is 17.2. The van der Waals surface area contributed by atoms with Gasteiger partial charge in [0.25, 0.3) is 5.56 Å². The molecule has 3 aromatic heterocycles. The molecule has 32 heavy (non-hydrogen) atoms. The summed E-state index contributed by atoms with van der Waals surface area (Å²) in [6.45, 7) is 3.06. The number of benzene rings is 1. The average molecular weight is 490 g/mol. The van der Waals surface area contributed by atoms with Crippen molar-refractivity contribution in [3.05, 3.63) is 50.6 Å². The number of carbonyl (C=O) groups is 1. The second-order valence-corrected chi connectivity index (χ2v) is 9.89. The third kappa shape index (κ3) is 4.03. The molecule has 0 spiro atoms. The Morgan fingerprint density at radius 1 is 1.38 bits per heavy atom. The molecular formula is C21H20ClN5O3S2. The molecule has 0 bridgehead atoms. The SMILES string of the molecule is Cc1ccc(Cl)cc1NC(=O)CSc1nnc2n(C[C@@H]3CCCO3)c(=O)c3sccc3n12. The first kappa shape index (κ1) is 21.4. The number of hydrogen-bond acceptors (Lipinski definition) is 7. The minimum Gasteiger partial charge on any atom is -0.376 e. The molecule has 5 rings (SSSR count). The van der Waals surface area contributed by atoms with Crippen molar-refractivity contribution in [3.63, 3.8) is 0 Å². The van der Waals surface area contributed by atoms with Gasteiger partial charge >= 0.3 is 0 Å². The van der Waals surface area contributed by atoms with Gasteiger partial charge in [0.2, 0.25) is 11.7 Å². The van der Waals surface area contributed by atoms with Gasteiger partial charge in [0.1, 0.15) is 4.70 Å². The van der Waals surface area contributed by atoms with Crippen LogP contribution in [0.2, 0.25) is 5.02 Å². The fourth-order valence-electron chi connectivity index (χ4n) is 3.80. The number of rotatable bonds is 6. The van der Waals surface area contributed by atoms with Crippen molar-refractivity contribution >= 4 is 62.3 Å². The molecule has 8 nitrogen and oxygen atoms in total. The van der Waals surface area contributed by atoms with Gasteiger partial charge in [-0.15, -0.1) is 21.5 Å². The Hall–Kier alpha value is -2.40. The van der Waals surface area contributed by atoms with E-state index in [9.17, 15) is 9.59 Å². The summed E-state index contributed by atoms with van der Waals surface area (Å²) in [5.74, 6) is 0.430. The quantitative estimate of drug-likeness (QED) is 0.412. The lowest BCUT2D eigenvalue weighted by atomic mass is 10.2. The molecule has 1 saturated heterocycles. The van der Waals surface area contributed by atoms with Crippen LogP contribution in [0.25, 0.3) is 16.0 Å². The highest BCUT2D eigenvalue weighted by molar-refractivity contribution is 7.99. The fourth-order valence-corrected chi connectivity index (χ4v) is 5.53. The maximum Gasteiger partial charge on any atom is 0.272 e. The Labute approximate surface area is 196 Å². The summed E-state index contributed by atoms with van der Waals surface area (Å²) in [4.78, 5) is 25.7. The van der Waals surface area contributed by atoms with E-state index in [0.29, 0.717) is 39.5 Å². The molecule has 0 saturated carbocycles. The van der Waals surface area contributed by atoms with Gasteiger partial charge in [-0.2, -0.15) is 0 Å². The van der Waals surface area contributed by atoms with E-state index in [-0.39, 0.29) is 23.3 Å². The van der Waals surface area contributed by atoms with Crippen molar-refractivity contribution in [2.75, 3.05) is 17.7 Å². The van der Waals surface area contributed by atoms with Crippen LogP contribution in [0, 0.1) is 6.92 Å². The Kier molecular flexibility index (Phi) is 5.93. The summed E-state index contributed by atoms with van der Waals surface area (Å²) in [5, 5.41) is 14.5. The minimum atomic E-state index is -0.175. The number of aromatic nitrogens is 4. The van der Waals surface area contributed by atoms with E-state index >= 15 is 0 Å². The maximum absolute atomic E-state index is 13.1. The van der Waals surface area contributed by atoms with Crippen LogP contribution in [-0.2, 0) is 16.1 Å². The van der Waals surface area contributed by atoms with Crippen molar-refractivity contribution in [2.24, 2.45) is 0 Å². The number of aryl methyl sites for hydroxylation is 1. The van der Waals surface area contributed by atoms with Crippen LogP contribution in [0.4, 0.5) is 5.69 Å². The number of fused-ring (bicyclic) bond motifs is 3. The Morgan fingerprint density at radius 2 is 2.25 bits per heavy atom. The average Bonchev–Trinajstić information content (AvgIpc) is 3.52. The Morgan fingerprint density at radius 3 is 3.06 bits per heavy atom. The first-order valence-corrected chi connectivity index (χ1v) is 12.4. The highest BCUT2D eigenvalue weighted by Crippen LogP contribution is 2.26. The molecule has 1 aliphatic rings. The van der Waals surface area contributed by atoms with Gasteiger partial charge in [-0.1, -0.05) is 29.4 Å². The highest BCUT2D eigenvalue weighted by Gasteiger charge is 2.23. The number of halogens is 1. The lowest BCUT2D eigenvalue weighted by Crippen LogP contribution is -2.28. The molecule has 1 atom stereocenters. The van der Waals surface area contributed by atoms with Gasteiger partial charge in [0, 0.05) is 17.3 Å². The zero-order valence-corrected chi connectivity index (χ0v) is 19.6. The molecule has 4 aromatic rings. The lowest BCUT2D eigenvalue weighted by molar-refractivity contribution is -0.113. The molecule has 1 aromatic carbocycles. The number of carbonyl (C=O) groups excluding carboxylic acids is 1. The Bertz CT molecular complexity index is 1370. The van der Waals surface area contributed by atoms with Crippen LogP contribution < -0.4 is 10.9 Å². The van der Waals surface area contributed by atoms with Crippen LogP contribution in [0.5, 0.6) is 0 Å². The largest absolute Gasteiger partial charge is 0.376 e. The predicted octanol–water partition coefficient (Wildman–Crippen LogP) is 3.98. The smallest absolute Gasteiger partial charge is 0.272 e. The van der Waals surface area contributed by atoms with E-state index < -0.39 is 0 Å². The van der Waals surface area contributed by atoms with Gasteiger partial charge in [0.05, 0.1) is 23.9 Å². The second-order valence-electron chi connectivity index (χ2n) is 7.60. The minimum absolute atomic E-state index is 0.00608. The number of hydrogen-bond donors (Lipinski definition) is 1. The number of thiophene rings is 1. The van der Waals surface area contributed by atoms with E-state index in [1.54, 1.807) is 16.7 Å². The molecule has 11 heteroatoms. The molecule has 0 aliphatic carbocycles. The summed E-state index contributed by atoms with van der Waals surface area (Å²) in [7, 11) is 0. The van der Waals surface area contributed by atoms with Crippen LogP contribution in [0.1, 0.15) is 18.4 Å². The molecule has 166 valence electrons. The molecule has 1 aliphatic heterocycles. The summed E-state index contributed by atoms with van der Waals surface area (Å²) in [6.07, 6.45) is 1.90. The van der Waals surface area contributed by atoms with Crippen LogP contribution >= 0.6 is 34.7 Å². The van der Waals surface area contributed by atoms with Crippen LogP contribution in [0.15, 0.2) is 39.6 Å². The third-order valence-electron chi connectivity index (χ3n) is 5.40. The summed E-state index contributed by atoms with van der Waals surface area (Å²) in [5.41, 5.74) is 2.27. The number of amides is 1. The lowest BCUT2D eigenvalue weighted by Gasteiger charge is -2.13. The topological polar surface area (TPSA) is 90.5 Å². The number of nitrogens with zero attached hydrogens (tertiary/aromatic N) is 4. The molecule has 0 radical (unpaired) electrons. The molecule has 1 N–H and O–H groups in total. The van der Waals surface area contributed by atoms with Crippen LogP contribution in [-0.4, -0.2) is 43.5 Å². The molecule has 4 heterocycles. The third-order valence-corrected chi connectivity index (χ3v) is 7.45. The van der Waals surface area contributed by atoms with Crippen molar-refractivity contribution in [2.45, 2.75) is 37.6 Å². The summed E-state index contributed by atoms with van der Waals surface area (Å²) >= 11 is 8.71. The normalized spacial score (nSPS) is 16.2. The maximum atomic E-state index is 13.1. The van der Waals surface area contributed by atoms with Crippen LogP contribution in [0.3, 0.4) is 0 Å². The number of ether oxygens (including phenoxy) is 1. The van der Waals surface area contributed by atoms with E-state index in [1.807, 2.05) is 28.8 Å². The number of thioether (sulfide) groups is 1. The van der Waals surface area contributed by atoms with E-state index in [4.69, 9.17) is 16.3 Å². The number of nitrogens with one attached hydrogen (secondary N) is 1. The molecular weight excluding hydrogens is 470 g/mol. The van der Waals surface area contributed by atoms with Gasteiger partial charge in [0.15, 0.2) is 5.16 Å². The first-order chi connectivity index (χ1) is 15.5. The van der Waals surface area contributed by atoms with Gasteiger partial charge < -0.3 is 10.1 Å². The highest BCUT2D eigenvalue weighted by atomic mass is 35.5. The van der Waals surface area contributed by atoms with Gasteiger partial charge in [-0.05, 0) is 48.9 Å². The zero-order chi connectivity index (χ0) is 22.2. The van der Waals surface area contributed by atoms with E-state index in [2.05, 4.69) is 15.5 Å². The summed E-state index contributed by atoms with van der Waals surface area (Å²) < 4.78 is 9.86. The Balaban J connectivity index is 1.43. The number of anilines is 1. The van der Waals surface area contributed by atoms with Crippen molar-refractivity contribution in [1.82, 2.24) is 19.2 Å². The second kappa shape index (κ2) is 8.86. The van der Waals surface area contributed by atoms with Crippen molar-refractivity contribution in [3.8, 4) is 0 Å². The summed E-state index contributed by atoms with van der Waals surface area (Å²) in [6, 6.07) is 7.25. The predicted molar refractivity (Wildman–Crippen MR) is 127 cm³/mol. The van der Waals surface area contributed by atoms with E-state index in [0.717, 1.165) is 23.9 Å². The van der Waals surface area contributed by atoms with Gasteiger partial charge in [-0.3, -0.25) is 18.6 Å².